The summed E-state index contributed by atoms with van der Waals surface area (Å²) in [4.78, 5) is 13.7. The molecule has 1 saturated heterocycles. The molecule has 1 aliphatic heterocycles. The molecule has 1 amide bonds. The van der Waals surface area contributed by atoms with Gasteiger partial charge in [-0.15, -0.1) is 0 Å². The lowest BCUT2D eigenvalue weighted by atomic mass is 10.1. The molecular weight excluding hydrogens is 150 g/mol. The maximum absolute atomic E-state index is 11.6. The van der Waals surface area contributed by atoms with Gasteiger partial charge in [-0.3, -0.25) is 4.79 Å². The third kappa shape index (κ3) is 1.62. The molecule has 68 valence electrons. The molecule has 1 heterocycles. The average Bonchev–Trinajstić information content (AvgIpc) is 2.55. The average molecular weight is 167 g/mol. The largest absolute Gasteiger partial charge is 0.343 e. The SMILES string of the molecule is CC1(CC(=O)N2CCCC2)CC1. The lowest BCUT2D eigenvalue weighted by Crippen LogP contribution is -2.29. The van der Waals surface area contributed by atoms with Gasteiger partial charge in [-0.05, 0) is 31.1 Å². The van der Waals surface area contributed by atoms with Crippen molar-refractivity contribution in [3.63, 3.8) is 0 Å². The van der Waals surface area contributed by atoms with Crippen molar-refractivity contribution in [2.75, 3.05) is 13.1 Å². The zero-order valence-corrected chi connectivity index (χ0v) is 7.81. The van der Waals surface area contributed by atoms with Gasteiger partial charge in [0, 0.05) is 19.5 Å². The van der Waals surface area contributed by atoms with E-state index in [1.165, 1.54) is 25.7 Å². The molecule has 0 bridgehead atoms. The Bertz CT molecular complexity index is 190. The smallest absolute Gasteiger partial charge is 0.223 e. The number of carbonyl (C=O) groups excluding carboxylic acids is 1. The zero-order valence-electron chi connectivity index (χ0n) is 7.81. The van der Waals surface area contributed by atoms with Crippen LogP contribution in [0.1, 0.15) is 39.0 Å². The summed E-state index contributed by atoms with van der Waals surface area (Å²) >= 11 is 0. The van der Waals surface area contributed by atoms with E-state index < -0.39 is 0 Å². The molecule has 0 atom stereocenters. The van der Waals surface area contributed by atoms with Crippen LogP contribution in [0.15, 0.2) is 0 Å². The number of likely N-dealkylation sites (tertiary alicyclic amines) is 1. The van der Waals surface area contributed by atoms with Crippen LogP contribution in [0.4, 0.5) is 0 Å². The van der Waals surface area contributed by atoms with E-state index >= 15 is 0 Å². The van der Waals surface area contributed by atoms with Crippen molar-refractivity contribution in [1.29, 1.82) is 0 Å². The fourth-order valence-corrected chi connectivity index (χ4v) is 1.83. The second-order valence-corrected chi connectivity index (χ2v) is 4.58. The fraction of sp³-hybridized carbons (Fsp3) is 0.900. The van der Waals surface area contributed by atoms with E-state index in [1.807, 2.05) is 4.90 Å². The first kappa shape index (κ1) is 8.09. The Labute approximate surface area is 73.9 Å². The molecule has 0 spiro atoms. The minimum atomic E-state index is 0.389. The summed E-state index contributed by atoms with van der Waals surface area (Å²) in [7, 11) is 0. The van der Waals surface area contributed by atoms with Crippen molar-refractivity contribution in [2.24, 2.45) is 5.41 Å². The molecule has 1 aliphatic carbocycles. The van der Waals surface area contributed by atoms with Crippen molar-refractivity contribution in [3.05, 3.63) is 0 Å². The first-order valence-electron chi connectivity index (χ1n) is 4.97. The molecule has 1 saturated carbocycles. The van der Waals surface area contributed by atoms with Gasteiger partial charge in [0.05, 0.1) is 0 Å². The van der Waals surface area contributed by atoms with Crippen LogP contribution in [0.25, 0.3) is 0 Å². The van der Waals surface area contributed by atoms with E-state index in [0.29, 0.717) is 11.3 Å². The molecule has 2 fully saturated rings. The van der Waals surface area contributed by atoms with Gasteiger partial charge in [-0.1, -0.05) is 6.92 Å². The Morgan fingerprint density at radius 1 is 1.33 bits per heavy atom. The summed E-state index contributed by atoms with van der Waals surface area (Å²) < 4.78 is 0. The highest BCUT2D eigenvalue weighted by molar-refractivity contribution is 5.77. The molecule has 0 aromatic rings. The van der Waals surface area contributed by atoms with Crippen LogP contribution in [0.2, 0.25) is 0 Å². The highest BCUT2D eigenvalue weighted by Gasteiger charge is 2.40. The maximum atomic E-state index is 11.6. The molecule has 0 N–H and O–H groups in total. The first-order valence-corrected chi connectivity index (χ1v) is 4.97. The van der Waals surface area contributed by atoms with E-state index in [0.717, 1.165) is 19.5 Å². The second-order valence-electron chi connectivity index (χ2n) is 4.58. The van der Waals surface area contributed by atoms with E-state index in [4.69, 9.17) is 0 Å². The summed E-state index contributed by atoms with van der Waals surface area (Å²) in [6.07, 6.45) is 5.73. The van der Waals surface area contributed by atoms with Crippen molar-refractivity contribution in [3.8, 4) is 0 Å². The fourth-order valence-electron chi connectivity index (χ4n) is 1.83. The van der Waals surface area contributed by atoms with Crippen LogP contribution in [-0.4, -0.2) is 23.9 Å². The molecule has 12 heavy (non-hydrogen) atoms. The van der Waals surface area contributed by atoms with Gasteiger partial charge in [0.25, 0.3) is 0 Å². The number of hydrogen-bond donors (Lipinski definition) is 0. The number of hydrogen-bond acceptors (Lipinski definition) is 1. The van der Waals surface area contributed by atoms with E-state index in [9.17, 15) is 4.79 Å². The Kier molecular flexibility index (Phi) is 1.85. The summed E-state index contributed by atoms with van der Waals surface area (Å²) in [5.74, 6) is 0.396. The predicted molar refractivity (Wildman–Crippen MR) is 47.8 cm³/mol. The number of amides is 1. The summed E-state index contributed by atoms with van der Waals surface area (Å²) in [5.41, 5.74) is 0.389. The number of rotatable bonds is 2. The van der Waals surface area contributed by atoms with E-state index in [1.54, 1.807) is 0 Å². The van der Waals surface area contributed by atoms with Crippen molar-refractivity contribution in [1.82, 2.24) is 4.90 Å². The van der Waals surface area contributed by atoms with Crippen LogP contribution >= 0.6 is 0 Å². The third-order valence-electron chi connectivity index (χ3n) is 3.14. The second kappa shape index (κ2) is 2.75. The van der Waals surface area contributed by atoms with Crippen molar-refractivity contribution >= 4 is 5.91 Å². The number of carbonyl (C=O) groups is 1. The van der Waals surface area contributed by atoms with Crippen LogP contribution in [0.3, 0.4) is 0 Å². The highest BCUT2D eigenvalue weighted by atomic mass is 16.2. The minimum Gasteiger partial charge on any atom is -0.343 e. The molecule has 2 aliphatic rings. The molecule has 0 radical (unpaired) electrons. The Balaban J connectivity index is 1.83. The normalized spacial score (nSPS) is 25.9. The zero-order chi connectivity index (χ0) is 8.60. The van der Waals surface area contributed by atoms with Crippen LogP contribution in [0, 0.1) is 5.41 Å². The Hall–Kier alpha value is -0.530. The monoisotopic (exact) mass is 167 g/mol. The van der Waals surface area contributed by atoms with Crippen LogP contribution in [-0.2, 0) is 4.79 Å². The minimum absolute atomic E-state index is 0.389. The van der Waals surface area contributed by atoms with E-state index in [2.05, 4.69) is 6.92 Å². The van der Waals surface area contributed by atoms with E-state index in [-0.39, 0.29) is 0 Å². The summed E-state index contributed by atoms with van der Waals surface area (Å²) in [6.45, 7) is 4.24. The molecule has 2 nitrogen and oxygen atoms in total. The standard InChI is InChI=1S/C10H17NO/c1-10(4-5-10)8-9(12)11-6-2-3-7-11/h2-8H2,1H3. The molecule has 2 heteroatoms. The van der Waals surface area contributed by atoms with Crippen LogP contribution in [0.5, 0.6) is 0 Å². The molecule has 0 aromatic carbocycles. The highest BCUT2D eigenvalue weighted by Crippen LogP contribution is 2.48. The first-order chi connectivity index (χ1) is 5.70. The van der Waals surface area contributed by atoms with Crippen molar-refractivity contribution in [2.45, 2.75) is 39.0 Å². The Morgan fingerprint density at radius 2 is 1.92 bits per heavy atom. The quantitative estimate of drug-likeness (QED) is 0.614. The lowest BCUT2D eigenvalue weighted by molar-refractivity contribution is -0.131. The van der Waals surface area contributed by atoms with Crippen molar-refractivity contribution < 1.29 is 4.79 Å². The van der Waals surface area contributed by atoms with Gasteiger partial charge < -0.3 is 4.90 Å². The topological polar surface area (TPSA) is 20.3 Å². The molecule has 0 unspecified atom stereocenters. The lowest BCUT2D eigenvalue weighted by Gasteiger charge is -2.17. The van der Waals surface area contributed by atoms with Gasteiger partial charge in [-0.2, -0.15) is 0 Å². The molecular formula is C10H17NO. The Morgan fingerprint density at radius 3 is 2.42 bits per heavy atom. The van der Waals surface area contributed by atoms with Crippen LogP contribution < -0.4 is 0 Å². The summed E-state index contributed by atoms with van der Waals surface area (Å²) in [5, 5.41) is 0. The van der Waals surface area contributed by atoms with Gasteiger partial charge in [0.15, 0.2) is 0 Å². The summed E-state index contributed by atoms with van der Waals surface area (Å²) in [6, 6.07) is 0. The number of nitrogens with zero attached hydrogens (tertiary/aromatic N) is 1. The molecule has 0 aromatic heterocycles. The van der Waals surface area contributed by atoms with Gasteiger partial charge in [0.1, 0.15) is 0 Å². The van der Waals surface area contributed by atoms with Gasteiger partial charge in [-0.25, -0.2) is 0 Å². The van der Waals surface area contributed by atoms with Gasteiger partial charge in [0.2, 0.25) is 5.91 Å². The third-order valence-corrected chi connectivity index (χ3v) is 3.14. The predicted octanol–water partition coefficient (Wildman–Crippen LogP) is 1.80. The van der Waals surface area contributed by atoms with Gasteiger partial charge >= 0.3 is 0 Å². The maximum Gasteiger partial charge on any atom is 0.223 e. The molecule has 2 rings (SSSR count).